The van der Waals surface area contributed by atoms with Gasteiger partial charge in [-0.2, -0.15) is 35.9 Å². The zero-order chi connectivity index (χ0) is 8.10. The normalized spacial score (nSPS) is 9.58. The third kappa shape index (κ3) is 5.06. The molecule has 1 aromatic carbocycles. The zero-order valence-electron chi connectivity index (χ0n) is 7.88. The van der Waals surface area contributed by atoms with Gasteiger partial charge >= 0.3 is 0 Å². The molecule has 63 valence electrons. The van der Waals surface area contributed by atoms with Crippen LogP contribution in [-0.4, -0.2) is 0 Å². The average Bonchev–Trinajstić information content (AvgIpc) is 2.03. The maximum Gasteiger partial charge on any atom is 0 e. The molecule has 0 spiro atoms. The molecule has 1 radical (unpaired) electrons. The van der Waals surface area contributed by atoms with Crippen LogP contribution < -0.4 is 0 Å². The Morgan fingerprint density at radius 1 is 1.25 bits per heavy atom. The fourth-order valence-electron chi connectivity index (χ4n) is 1.04. The van der Waals surface area contributed by atoms with Crippen LogP contribution in [0, 0.1) is 12.0 Å². The Morgan fingerprint density at radius 2 is 1.83 bits per heavy atom. The Labute approximate surface area is 101 Å². The smallest absolute Gasteiger partial charge is 0 e. The summed E-state index contributed by atoms with van der Waals surface area (Å²) in [5.41, 5.74) is 1.43. The fraction of sp³-hybridized carbons (Fsp3) is 0.455. The van der Waals surface area contributed by atoms with Crippen molar-refractivity contribution in [2.45, 2.75) is 26.7 Å². The summed E-state index contributed by atoms with van der Waals surface area (Å²) in [6.07, 6.45) is 2.48. The molecule has 0 saturated heterocycles. The number of benzene rings is 1. The summed E-state index contributed by atoms with van der Waals surface area (Å²) >= 11 is 0. The van der Waals surface area contributed by atoms with E-state index in [2.05, 4.69) is 32.0 Å². The standard InChI is InChI=1S/C11H15.Y/c1-10(2)8-9-11-6-4-3-5-7-11;/h4-7,10H,8-9H2,1-2H3;/q-1;. The van der Waals surface area contributed by atoms with E-state index in [0.29, 0.717) is 0 Å². The summed E-state index contributed by atoms with van der Waals surface area (Å²) < 4.78 is 0. The molecule has 1 rings (SSSR count). The van der Waals surface area contributed by atoms with Crippen LogP contribution in [0.15, 0.2) is 24.3 Å². The van der Waals surface area contributed by atoms with Gasteiger partial charge in [0.25, 0.3) is 0 Å². The van der Waals surface area contributed by atoms with Crippen LogP contribution in [0.5, 0.6) is 0 Å². The molecule has 0 saturated carbocycles. The van der Waals surface area contributed by atoms with E-state index < -0.39 is 0 Å². The largest absolute Gasteiger partial charge is 0.184 e. The van der Waals surface area contributed by atoms with Crippen molar-refractivity contribution in [3.8, 4) is 0 Å². The molecular formula is C11H15Y-. The van der Waals surface area contributed by atoms with Crippen LogP contribution in [0.3, 0.4) is 0 Å². The van der Waals surface area contributed by atoms with Gasteiger partial charge < -0.3 is 0 Å². The Balaban J connectivity index is 0.00000121. The Kier molecular flexibility index (Phi) is 6.98. The number of hydrogen-bond donors (Lipinski definition) is 0. The first-order chi connectivity index (χ1) is 5.29. The van der Waals surface area contributed by atoms with Gasteiger partial charge in [-0.1, -0.05) is 20.3 Å². The van der Waals surface area contributed by atoms with E-state index in [1.54, 1.807) is 0 Å². The Bertz CT molecular complexity index is 191. The van der Waals surface area contributed by atoms with Crippen molar-refractivity contribution in [2.75, 3.05) is 0 Å². The van der Waals surface area contributed by atoms with Crippen molar-refractivity contribution in [2.24, 2.45) is 5.92 Å². The summed E-state index contributed by atoms with van der Waals surface area (Å²) in [6, 6.07) is 11.3. The third-order valence-electron chi connectivity index (χ3n) is 1.80. The first kappa shape index (κ1) is 12.3. The summed E-state index contributed by atoms with van der Waals surface area (Å²) in [7, 11) is 0. The Morgan fingerprint density at radius 3 is 2.33 bits per heavy atom. The van der Waals surface area contributed by atoms with Crippen LogP contribution in [0.25, 0.3) is 0 Å². The monoisotopic (exact) mass is 236 g/mol. The molecule has 0 N–H and O–H groups in total. The van der Waals surface area contributed by atoms with Gasteiger partial charge in [0.15, 0.2) is 0 Å². The van der Waals surface area contributed by atoms with E-state index >= 15 is 0 Å². The third-order valence-corrected chi connectivity index (χ3v) is 1.80. The van der Waals surface area contributed by atoms with Crippen molar-refractivity contribution in [3.05, 3.63) is 35.9 Å². The second kappa shape index (κ2) is 6.80. The topological polar surface area (TPSA) is 0 Å². The minimum Gasteiger partial charge on any atom is -0.184 e. The van der Waals surface area contributed by atoms with E-state index in [4.69, 9.17) is 0 Å². The Hall–Kier alpha value is 0.324. The van der Waals surface area contributed by atoms with Gasteiger partial charge in [0.2, 0.25) is 0 Å². The SMILES string of the molecule is CC(C)CCc1cc[c-]cc1.[Y]. The van der Waals surface area contributed by atoms with Crippen LogP contribution in [0.2, 0.25) is 0 Å². The minimum absolute atomic E-state index is 0. The summed E-state index contributed by atoms with van der Waals surface area (Å²) in [6.45, 7) is 4.52. The second-order valence-electron chi connectivity index (χ2n) is 3.34. The summed E-state index contributed by atoms with van der Waals surface area (Å²) in [4.78, 5) is 0. The molecule has 0 aromatic heterocycles. The van der Waals surface area contributed by atoms with Gasteiger partial charge in [-0.25, -0.2) is 0 Å². The molecule has 0 aliphatic rings. The molecule has 1 heteroatoms. The van der Waals surface area contributed by atoms with Crippen LogP contribution in [0.4, 0.5) is 0 Å². The van der Waals surface area contributed by atoms with E-state index in [1.165, 1.54) is 18.4 Å². The van der Waals surface area contributed by atoms with Gasteiger partial charge in [-0.15, -0.1) is 0 Å². The van der Waals surface area contributed by atoms with Crippen molar-refractivity contribution in [1.82, 2.24) is 0 Å². The summed E-state index contributed by atoms with van der Waals surface area (Å²) in [5.74, 6) is 0.805. The second-order valence-corrected chi connectivity index (χ2v) is 3.34. The zero-order valence-corrected chi connectivity index (χ0v) is 10.7. The van der Waals surface area contributed by atoms with Gasteiger partial charge in [0.05, 0.1) is 0 Å². The molecule has 0 unspecified atom stereocenters. The first-order valence-corrected chi connectivity index (χ1v) is 4.24. The molecule has 0 amide bonds. The van der Waals surface area contributed by atoms with Crippen molar-refractivity contribution >= 4 is 0 Å². The number of hydrogen-bond acceptors (Lipinski definition) is 0. The van der Waals surface area contributed by atoms with Gasteiger partial charge in [0.1, 0.15) is 0 Å². The fourth-order valence-corrected chi connectivity index (χ4v) is 1.04. The van der Waals surface area contributed by atoms with E-state index in [-0.39, 0.29) is 32.7 Å². The molecule has 0 nitrogen and oxygen atoms in total. The van der Waals surface area contributed by atoms with E-state index in [0.717, 1.165) is 5.92 Å². The quantitative estimate of drug-likeness (QED) is 0.707. The molecule has 12 heavy (non-hydrogen) atoms. The van der Waals surface area contributed by atoms with Crippen molar-refractivity contribution in [3.63, 3.8) is 0 Å². The molecule has 0 aliphatic carbocycles. The predicted octanol–water partition coefficient (Wildman–Crippen LogP) is 3.07. The van der Waals surface area contributed by atoms with E-state index in [1.807, 2.05) is 12.1 Å². The number of aryl methyl sites for hydroxylation is 1. The molecule has 0 heterocycles. The molecule has 0 atom stereocenters. The van der Waals surface area contributed by atoms with Crippen LogP contribution >= 0.6 is 0 Å². The van der Waals surface area contributed by atoms with Gasteiger partial charge in [-0.05, 0) is 12.3 Å². The molecule has 0 aliphatic heterocycles. The van der Waals surface area contributed by atoms with E-state index in [9.17, 15) is 0 Å². The molecule has 0 bridgehead atoms. The number of rotatable bonds is 3. The average molecular weight is 236 g/mol. The first-order valence-electron chi connectivity index (χ1n) is 4.24. The van der Waals surface area contributed by atoms with Gasteiger partial charge in [0, 0.05) is 32.7 Å². The molecule has 0 fully saturated rings. The molecule has 1 aromatic rings. The molecular weight excluding hydrogens is 221 g/mol. The predicted molar refractivity (Wildman–Crippen MR) is 48.4 cm³/mol. The maximum atomic E-state index is 3.02. The minimum atomic E-state index is 0. The maximum absolute atomic E-state index is 3.02. The van der Waals surface area contributed by atoms with Crippen LogP contribution in [-0.2, 0) is 39.1 Å². The summed E-state index contributed by atoms with van der Waals surface area (Å²) in [5, 5.41) is 0. The van der Waals surface area contributed by atoms with Crippen molar-refractivity contribution < 1.29 is 32.7 Å². The van der Waals surface area contributed by atoms with Crippen molar-refractivity contribution in [1.29, 1.82) is 0 Å². The van der Waals surface area contributed by atoms with Gasteiger partial charge in [-0.3, -0.25) is 0 Å². The van der Waals surface area contributed by atoms with Crippen LogP contribution in [0.1, 0.15) is 25.8 Å².